The molecular weight excluding hydrogens is 157 g/mol. The van der Waals surface area contributed by atoms with Crippen LogP contribution in [0.3, 0.4) is 0 Å². The van der Waals surface area contributed by atoms with Crippen LogP contribution >= 0.6 is 7.92 Å². The Morgan fingerprint density at radius 3 is 2.09 bits per heavy atom. The molecule has 0 amide bonds. The molecule has 0 radical (unpaired) electrons. The Morgan fingerprint density at radius 1 is 1.09 bits per heavy atom. The molecule has 2 fully saturated rings. The number of hydrogen-bond acceptors (Lipinski definition) is 1. The second-order valence-electron chi connectivity index (χ2n) is 4.03. The number of hydrogen-bond donors (Lipinski definition) is 2. The average Bonchev–Trinajstić information content (AvgIpc) is 1.82. The van der Waals surface area contributed by atoms with E-state index in [4.69, 9.17) is 0 Å². The molecule has 2 saturated heterocycles. The minimum absolute atomic E-state index is 0.351. The van der Waals surface area contributed by atoms with Crippen molar-refractivity contribution in [2.75, 3.05) is 46.3 Å². The first kappa shape index (κ1) is 7.93. The van der Waals surface area contributed by atoms with Crippen molar-refractivity contribution in [1.82, 2.24) is 4.90 Å². The van der Waals surface area contributed by atoms with Gasteiger partial charge in [-0.05, 0) is 0 Å². The Kier molecular flexibility index (Phi) is 2.15. The second kappa shape index (κ2) is 2.98. The van der Waals surface area contributed by atoms with Crippen LogP contribution in [-0.2, 0) is 0 Å². The summed E-state index contributed by atoms with van der Waals surface area (Å²) in [5.74, 6) is 0. The molecule has 2 N–H and O–H groups in total. The molecular formula is C7H18N3P+2. The van der Waals surface area contributed by atoms with Crippen molar-refractivity contribution in [2.24, 2.45) is 0 Å². The van der Waals surface area contributed by atoms with E-state index in [0.29, 0.717) is 7.92 Å². The molecule has 2 rings (SSSR count). The molecule has 0 aliphatic carbocycles. The maximum atomic E-state index is 2.61. The minimum Gasteiger partial charge on any atom is -0.321 e. The van der Waals surface area contributed by atoms with Crippen molar-refractivity contribution in [3.05, 3.63) is 0 Å². The topological polar surface area (TPSA) is 12.1 Å². The highest BCUT2D eigenvalue weighted by Crippen LogP contribution is 2.33. The first-order chi connectivity index (χ1) is 5.24. The van der Waals surface area contributed by atoms with Crippen LogP contribution in [0.15, 0.2) is 0 Å². The SMILES string of the molecule is C[NH+]1CN2C[NH+](C)CP(C2)C1. The predicted octanol–water partition coefficient (Wildman–Crippen LogP) is -2.39. The molecule has 0 aromatic rings. The summed E-state index contributed by atoms with van der Waals surface area (Å²) in [5.41, 5.74) is 0. The number of rotatable bonds is 0. The number of fused-ring (bicyclic) bond motifs is 2. The maximum absolute atomic E-state index is 2.61. The largest absolute Gasteiger partial charge is 0.321 e. The highest BCUT2D eigenvalue weighted by atomic mass is 31.1. The van der Waals surface area contributed by atoms with E-state index in [1.165, 1.54) is 32.2 Å². The molecule has 3 nitrogen and oxygen atoms in total. The molecule has 2 unspecified atom stereocenters. The van der Waals surface area contributed by atoms with Crippen LogP contribution in [0.5, 0.6) is 0 Å². The predicted molar refractivity (Wildman–Crippen MR) is 46.9 cm³/mol. The lowest BCUT2D eigenvalue weighted by Gasteiger charge is -2.41. The van der Waals surface area contributed by atoms with Gasteiger partial charge < -0.3 is 9.80 Å². The number of nitrogens with zero attached hydrogens (tertiary/aromatic N) is 1. The number of nitrogens with one attached hydrogen (secondary N) is 2. The van der Waals surface area contributed by atoms with Gasteiger partial charge in [0.1, 0.15) is 25.9 Å². The van der Waals surface area contributed by atoms with Gasteiger partial charge in [-0.1, -0.05) is 0 Å². The van der Waals surface area contributed by atoms with Gasteiger partial charge in [0, 0.05) is 14.2 Å². The Morgan fingerprint density at radius 2 is 1.64 bits per heavy atom. The Bertz CT molecular complexity index is 119. The normalized spacial score (nSPS) is 50.7. The fourth-order valence-electron chi connectivity index (χ4n) is 2.22. The third-order valence-electron chi connectivity index (χ3n) is 2.37. The molecule has 0 aromatic heterocycles. The van der Waals surface area contributed by atoms with Crippen LogP contribution in [0.2, 0.25) is 0 Å². The zero-order chi connectivity index (χ0) is 7.84. The molecule has 0 spiro atoms. The molecule has 64 valence electrons. The van der Waals surface area contributed by atoms with E-state index in [1.807, 2.05) is 0 Å². The first-order valence-corrected chi connectivity index (χ1v) is 6.21. The van der Waals surface area contributed by atoms with Crippen LogP contribution in [0, 0.1) is 0 Å². The summed E-state index contributed by atoms with van der Waals surface area (Å²) in [5, 5.41) is 0. The van der Waals surface area contributed by atoms with Crippen LogP contribution < -0.4 is 9.80 Å². The Balaban J connectivity index is 2.00. The quantitative estimate of drug-likeness (QED) is 0.392. The van der Waals surface area contributed by atoms with Gasteiger partial charge in [-0.25, -0.2) is 4.90 Å². The van der Waals surface area contributed by atoms with Crippen molar-refractivity contribution in [3.8, 4) is 0 Å². The van der Waals surface area contributed by atoms with Crippen LogP contribution in [0.1, 0.15) is 0 Å². The summed E-state index contributed by atoms with van der Waals surface area (Å²) >= 11 is 0. The highest BCUT2D eigenvalue weighted by Gasteiger charge is 2.33. The van der Waals surface area contributed by atoms with Crippen molar-refractivity contribution < 1.29 is 9.80 Å². The molecule has 2 aliphatic heterocycles. The van der Waals surface area contributed by atoms with E-state index in [1.54, 1.807) is 9.80 Å². The van der Waals surface area contributed by atoms with E-state index in [-0.39, 0.29) is 0 Å². The molecule has 0 saturated carbocycles. The van der Waals surface area contributed by atoms with Gasteiger partial charge in [-0.2, -0.15) is 0 Å². The summed E-state index contributed by atoms with van der Waals surface area (Å²) in [6.07, 6.45) is 4.32. The van der Waals surface area contributed by atoms with Gasteiger partial charge in [0.15, 0.2) is 0 Å². The van der Waals surface area contributed by atoms with Gasteiger partial charge in [-0.15, -0.1) is 0 Å². The number of quaternary nitrogens is 2. The van der Waals surface area contributed by atoms with Gasteiger partial charge in [0.25, 0.3) is 0 Å². The lowest BCUT2D eigenvalue weighted by molar-refractivity contribution is -0.920. The van der Waals surface area contributed by atoms with Crippen LogP contribution in [0.25, 0.3) is 0 Å². The average molecular weight is 175 g/mol. The second-order valence-corrected chi connectivity index (χ2v) is 6.29. The summed E-state index contributed by atoms with van der Waals surface area (Å²) in [4.78, 5) is 6.05. The van der Waals surface area contributed by atoms with Crippen molar-refractivity contribution in [3.63, 3.8) is 0 Å². The summed E-state index contributed by atoms with van der Waals surface area (Å²) < 4.78 is 0. The van der Waals surface area contributed by atoms with E-state index >= 15 is 0 Å². The molecule has 11 heavy (non-hydrogen) atoms. The lowest BCUT2D eigenvalue weighted by atomic mass is 10.7. The molecule has 0 aromatic carbocycles. The first-order valence-electron chi connectivity index (χ1n) is 4.31. The maximum Gasteiger partial charge on any atom is 0.138 e. The Labute approximate surface area is 69.7 Å². The third-order valence-corrected chi connectivity index (χ3v) is 5.15. The van der Waals surface area contributed by atoms with Crippen LogP contribution in [0.4, 0.5) is 0 Å². The zero-order valence-corrected chi connectivity index (χ0v) is 8.32. The monoisotopic (exact) mass is 175 g/mol. The fraction of sp³-hybridized carbons (Fsp3) is 1.00. The summed E-state index contributed by atoms with van der Waals surface area (Å²) in [6, 6.07) is 0. The van der Waals surface area contributed by atoms with Gasteiger partial charge in [0.05, 0.1) is 14.1 Å². The van der Waals surface area contributed by atoms with E-state index < -0.39 is 0 Å². The lowest BCUT2D eigenvalue weighted by Crippen LogP contribution is -3.18. The third kappa shape index (κ3) is 1.73. The zero-order valence-electron chi connectivity index (χ0n) is 7.43. The Hall–Kier alpha value is 0.310. The van der Waals surface area contributed by atoms with Gasteiger partial charge >= 0.3 is 0 Å². The molecule has 2 atom stereocenters. The van der Waals surface area contributed by atoms with Gasteiger partial charge in [-0.3, -0.25) is 0 Å². The molecule has 2 bridgehead atoms. The summed E-state index contributed by atoms with van der Waals surface area (Å²) in [6.45, 7) is 2.55. The van der Waals surface area contributed by atoms with E-state index in [9.17, 15) is 0 Å². The minimum atomic E-state index is 0.351. The smallest absolute Gasteiger partial charge is 0.138 e. The molecule has 2 aliphatic rings. The van der Waals surface area contributed by atoms with E-state index in [0.717, 1.165) is 0 Å². The molecule has 2 heterocycles. The van der Waals surface area contributed by atoms with E-state index in [2.05, 4.69) is 19.0 Å². The van der Waals surface area contributed by atoms with Crippen LogP contribution in [-0.4, -0.2) is 51.2 Å². The fourth-order valence-corrected chi connectivity index (χ4v) is 5.03. The van der Waals surface area contributed by atoms with Crippen molar-refractivity contribution in [2.45, 2.75) is 0 Å². The van der Waals surface area contributed by atoms with Gasteiger partial charge in [0.2, 0.25) is 0 Å². The summed E-state index contributed by atoms with van der Waals surface area (Å²) in [7, 11) is 4.99. The molecule has 4 heteroatoms. The van der Waals surface area contributed by atoms with Crippen molar-refractivity contribution >= 4 is 7.92 Å². The standard InChI is InChI=1S/C7H16N3P/c1-8-3-10-4-9(2)6-11(5-8)7-10/h3-7H2,1-2H3/p+2. The highest BCUT2D eigenvalue weighted by molar-refractivity contribution is 7.57. The van der Waals surface area contributed by atoms with Crippen molar-refractivity contribution in [1.29, 1.82) is 0 Å².